The molecule has 3 amide bonds. The first-order valence-electron chi connectivity index (χ1n) is 12.3. The van der Waals surface area contributed by atoms with Crippen LogP contribution in [0.5, 0.6) is 0 Å². The molecule has 0 saturated carbocycles. The number of piperidine rings is 1. The molecule has 0 aliphatic carbocycles. The Morgan fingerprint density at radius 3 is 2.39 bits per heavy atom. The van der Waals surface area contributed by atoms with Crippen LogP contribution in [0, 0.1) is 0 Å². The van der Waals surface area contributed by atoms with Crippen molar-refractivity contribution in [2.75, 3.05) is 35.2 Å². The van der Waals surface area contributed by atoms with Gasteiger partial charge in [-0.25, -0.2) is 9.78 Å². The van der Waals surface area contributed by atoms with Gasteiger partial charge in [0, 0.05) is 55.7 Å². The third kappa shape index (κ3) is 6.24. The van der Waals surface area contributed by atoms with Crippen molar-refractivity contribution < 1.29 is 19.1 Å². The third-order valence-electron chi connectivity index (χ3n) is 6.20. The number of benzene rings is 1. The molecule has 0 bridgehead atoms. The standard InChI is InChI=1S/C26H34N6O4/c1-26(2,3)36-25(35)31-13-10-18(11-14-31)29-21-15-22(28-16-20(21)24(27)34)30-17-6-8-19(9-7-17)32-12-4-5-23(32)33/h6-9,15-16,18H,4-5,10-14H2,1-3H3,(H2,27,34)(H2,28,29,30). The van der Waals surface area contributed by atoms with Gasteiger partial charge >= 0.3 is 6.09 Å². The van der Waals surface area contributed by atoms with Crippen molar-refractivity contribution in [1.29, 1.82) is 0 Å². The molecule has 1 aromatic heterocycles. The van der Waals surface area contributed by atoms with Gasteiger partial charge in [-0.3, -0.25) is 9.59 Å². The maximum Gasteiger partial charge on any atom is 0.410 e. The van der Waals surface area contributed by atoms with Crippen LogP contribution in [0.1, 0.15) is 56.8 Å². The van der Waals surface area contributed by atoms with Gasteiger partial charge in [0.05, 0.1) is 11.3 Å². The number of hydrogen-bond donors (Lipinski definition) is 3. The summed E-state index contributed by atoms with van der Waals surface area (Å²) in [4.78, 5) is 44.2. The molecule has 0 radical (unpaired) electrons. The number of rotatable bonds is 6. The molecular weight excluding hydrogens is 460 g/mol. The lowest BCUT2D eigenvalue weighted by Gasteiger charge is -2.34. The lowest BCUT2D eigenvalue weighted by molar-refractivity contribution is -0.117. The molecule has 2 aliphatic rings. The van der Waals surface area contributed by atoms with Crippen LogP contribution in [-0.2, 0) is 9.53 Å². The average Bonchev–Trinajstić information content (AvgIpc) is 3.25. The summed E-state index contributed by atoms with van der Waals surface area (Å²) in [5, 5.41) is 6.66. The van der Waals surface area contributed by atoms with Crippen LogP contribution in [0.4, 0.5) is 27.7 Å². The van der Waals surface area contributed by atoms with Crippen LogP contribution in [0.15, 0.2) is 36.5 Å². The predicted molar refractivity (Wildman–Crippen MR) is 139 cm³/mol. The Balaban J connectivity index is 1.40. The Labute approximate surface area is 211 Å². The molecule has 2 aliphatic heterocycles. The second-order valence-electron chi connectivity index (χ2n) is 10.2. The summed E-state index contributed by atoms with van der Waals surface area (Å²) in [6.07, 6.45) is 4.03. The topological polar surface area (TPSA) is 130 Å². The zero-order chi connectivity index (χ0) is 25.9. The number of ether oxygens (including phenoxy) is 1. The van der Waals surface area contributed by atoms with Crippen LogP contribution in [-0.4, -0.2) is 59.1 Å². The van der Waals surface area contributed by atoms with Crippen LogP contribution in [0.3, 0.4) is 0 Å². The number of nitrogens with one attached hydrogen (secondary N) is 2. The highest BCUT2D eigenvalue weighted by Gasteiger charge is 2.27. The number of carbonyl (C=O) groups is 3. The smallest absolute Gasteiger partial charge is 0.410 e. The quantitative estimate of drug-likeness (QED) is 0.556. The van der Waals surface area contributed by atoms with E-state index in [1.165, 1.54) is 6.20 Å². The number of likely N-dealkylation sites (tertiary alicyclic amines) is 1. The van der Waals surface area contributed by atoms with E-state index in [-0.39, 0.29) is 18.0 Å². The van der Waals surface area contributed by atoms with E-state index in [2.05, 4.69) is 15.6 Å². The van der Waals surface area contributed by atoms with E-state index in [0.717, 1.165) is 24.3 Å². The maximum atomic E-state index is 12.3. The molecule has 10 heteroatoms. The number of primary amides is 1. The number of hydrogen-bond acceptors (Lipinski definition) is 7. The van der Waals surface area contributed by atoms with E-state index in [9.17, 15) is 14.4 Å². The predicted octanol–water partition coefficient (Wildman–Crippen LogP) is 3.86. The zero-order valence-electron chi connectivity index (χ0n) is 21.0. The minimum absolute atomic E-state index is 0.0642. The van der Waals surface area contributed by atoms with Crippen molar-refractivity contribution in [3.63, 3.8) is 0 Å². The Bertz CT molecular complexity index is 1120. The first-order valence-corrected chi connectivity index (χ1v) is 12.3. The van der Waals surface area contributed by atoms with E-state index in [1.807, 2.05) is 45.0 Å². The molecule has 2 aromatic rings. The first kappa shape index (κ1) is 25.3. The van der Waals surface area contributed by atoms with Crippen LogP contribution in [0.2, 0.25) is 0 Å². The Kier molecular flexibility index (Phi) is 7.32. The molecule has 0 unspecified atom stereocenters. The summed E-state index contributed by atoms with van der Waals surface area (Å²) < 4.78 is 5.46. The lowest BCUT2D eigenvalue weighted by Crippen LogP contribution is -2.44. The second-order valence-corrected chi connectivity index (χ2v) is 10.2. The summed E-state index contributed by atoms with van der Waals surface area (Å²) in [7, 11) is 0. The lowest BCUT2D eigenvalue weighted by atomic mass is 10.0. The monoisotopic (exact) mass is 494 g/mol. The van der Waals surface area contributed by atoms with Gasteiger partial charge in [0.1, 0.15) is 11.4 Å². The third-order valence-corrected chi connectivity index (χ3v) is 6.20. The van der Waals surface area contributed by atoms with Crippen molar-refractivity contribution in [2.24, 2.45) is 5.73 Å². The molecule has 192 valence electrons. The Hall–Kier alpha value is -3.82. The van der Waals surface area contributed by atoms with Crippen LogP contribution < -0.4 is 21.3 Å². The molecule has 3 heterocycles. The maximum absolute atomic E-state index is 12.3. The summed E-state index contributed by atoms with van der Waals surface area (Å²) in [5.74, 6) is 0.133. The van der Waals surface area contributed by atoms with Gasteiger partial charge in [-0.2, -0.15) is 0 Å². The molecule has 2 saturated heterocycles. The number of carbonyl (C=O) groups excluding carboxylic acids is 3. The van der Waals surface area contributed by atoms with Gasteiger partial charge in [-0.1, -0.05) is 0 Å². The van der Waals surface area contributed by atoms with Gasteiger partial charge in [-0.05, 0) is 64.3 Å². The molecule has 4 N–H and O–H groups in total. The van der Waals surface area contributed by atoms with E-state index >= 15 is 0 Å². The molecule has 10 nitrogen and oxygen atoms in total. The molecule has 4 rings (SSSR count). The average molecular weight is 495 g/mol. The Morgan fingerprint density at radius 2 is 1.81 bits per heavy atom. The SMILES string of the molecule is CC(C)(C)OC(=O)N1CCC(Nc2cc(Nc3ccc(N4CCCC4=O)cc3)ncc2C(N)=O)CC1. The minimum atomic E-state index is -0.567. The Morgan fingerprint density at radius 1 is 1.11 bits per heavy atom. The second kappa shape index (κ2) is 10.4. The normalized spacial score (nSPS) is 16.7. The highest BCUT2D eigenvalue weighted by Crippen LogP contribution is 2.27. The molecular formula is C26H34N6O4. The van der Waals surface area contributed by atoms with Crippen molar-refractivity contribution in [1.82, 2.24) is 9.88 Å². The van der Waals surface area contributed by atoms with Crippen LogP contribution >= 0.6 is 0 Å². The fraction of sp³-hybridized carbons (Fsp3) is 0.462. The number of amides is 3. The first-order chi connectivity index (χ1) is 17.1. The number of nitrogens with two attached hydrogens (primary N) is 1. The van der Waals surface area contributed by atoms with E-state index < -0.39 is 11.5 Å². The molecule has 1 aromatic carbocycles. The van der Waals surface area contributed by atoms with Crippen molar-refractivity contribution in [2.45, 2.75) is 58.1 Å². The highest BCUT2D eigenvalue weighted by atomic mass is 16.6. The van der Waals surface area contributed by atoms with Gasteiger partial charge < -0.3 is 30.9 Å². The van der Waals surface area contributed by atoms with Gasteiger partial charge in [-0.15, -0.1) is 0 Å². The fourth-order valence-electron chi connectivity index (χ4n) is 4.39. The van der Waals surface area contributed by atoms with E-state index in [4.69, 9.17) is 10.5 Å². The zero-order valence-corrected chi connectivity index (χ0v) is 21.0. The number of pyridine rings is 1. The molecule has 36 heavy (non-hydrogen) atoms. The van der Waals surface area contributed by atoms with Gasteiger partial charge in [0.15, 0.2) is 0 Å². The summed E-state index contributed by atoms with van der Waals surface area (Å²) in [6.45, 7) is 7.40. The van der Waals surface area contributed by atoms with E-state index in [0.29, 0.717) is 49.4 Å². The minimum Gasteiger partial charge on any atom is -0.444 e. The highest BCUT2D eigenvalue weighted by molar-refractivity contribution is 5.99. The molecule has 0 atom stereocenters. The van der Waals surface area contributed by atoms with Crippen molar-refractivity contribution in [3.8, 4) is 0 Å². The summed E-state index contributed by atoms with van der Waals surface area (Å²) >= 11 is 0. The van der Waals surface area contributed by atoms with Gasteiger partial charge in [0.2, 0.25) is 5.91 Å². The van der Waals surface area contributed by atoms with Gasteiger partial charge in [0.25, 0.3) is 5.91 Å². The number of anilines is 4. The number of aromatic nitrogens is 1. The van der Waals surface area contributed by atoms with Crippen molar-refractivity contribution in [3.05, 3.63) is 42.1 Å². The van der Waals surface area contributed by atoms with Crippen LogP contribution in [0.25, 0.3) is 0 Å². The summed E-state index contributed by atoms with van der Waals surface area (Å²) in [6, 6.07) is 9.42. The molecule has 0 spiro atoms. The molecule has 2 fully saturated rings. The largest absolute Gasteiger partial charge is 0.444 e. The fourth-order valence-corrected chi connectivity index (χ4v) is 4.39. The summed E-state index contributed by atoms with van der Waals surface area (Å²) in [5.41, 5.74) is 7.63. The van der Waals surface area contributed by atoms with E-state index in [1.54, 1.807) is 15.9 Å². The van der Waals surface area contributed by atoms with Crippen molar-refractivity contribution >= 4 is 40.8 Å². The number of nitrogens with zero attached hydrogens (tertiary/aromatic N) is 3.